The first-order chi connectivity index (χ1) is 9.18. The van der Waals surface area contributed by atoms with Crippen LogP contribution in [0.25, 0.3) is 5.70 Å². The molecule has 1 amide bonds. The highest BCUT2D eigenvalue weighted by atomic mass is 16.2. The normalized spacial score (nSPS) is 17.1. The Morgan fingerprint density at radius 2 is 2.05 bits per heavy atom. The van der Waals surface area contributed by atoms with Gasteiger partial charge in [-0.05, 0) is 18.4 Å². The van der Waals surface area contributed by atoms with Crippen molar-refractivity contribution in [2.75, 3.05) is 20.6 Å². The Labute approximate surface area is 113 Å². The lowest BCUT2D eigenvalue weighted by Crippen LogP contribution is -2.32. The third kappa shape index (κ3) is 1.95. The Morgan fingerprint density at radius 3 is 2.84 bits per heavy atom. The molecule has 2 heterocycles. The first kappa shape index (κ1) is 12.0. The van der Waals surface area contributed by atoms with Crippen molar-refractivity contribution in [2.45, 2.75) is 12.8 Å². The molecule has 0 spiro atoms. The van der Waals surface area contributed by atoms with Crippen LogP contribution in [0, 0.1) is 0 Å². The third-order valence-corrected chi connectivity index (χ3v) is 3.74. The van der Waals surface area contributed by atoms with Gasteiger partial charge in [0.05, 0.1) is 5.70 Å². The van der Waals surface area contributed by atoms with Crippen LogP contribution in [-0.2, 0) is 11.2 Å². The Hall–Kier alpha value is -2.03. The Balaban J connectivity index is 2.17. The standard InChI is InChI=1S/C16H18N2O/c1-17(2)16(19)14-8-5-10-18-11-9-12-6-3-4-7-13(12)15(14)18/h3-7,10H,8-9,11H2,1-2H3. The average Bonchev–Trinajstić information content (AvgIpc) is 2.45. The van der Waals surface area contributed by atoms with Crippen molar-refractivity contribution >= 4 is 11.6 Å². The highest BCUT2D eigenvalue weighted by molar-refractivity contribution is 6.01. The molecule has 0 aliphatic carbocycles. The fourth-order valence-corrected chi connectivity index (χ4v) is 2.81. The van der Waals surface area contributed by atoms with Crippen molar-refractivity contribution in [3.63, 3.8) is 0 Å². The fraction of sp³-hybridized carbons (Fsp3) is 0.312. The van der Waals surface area contributed by atoms with Gasteiger partial charge >= 0.3 is 0 Å². The third-order valence-electron chi connectivity index (χ3n) is 3.74. The van der Waals surface area contributed by atoms with Crippen LogP contribution in [0.15, 0.2) is 42.1 Å². The molecule has 2 aliphatic rings. The number of benzene rings is 1. The van der Waals surface area contributed by atoms with E-state index in [0.717, 1.165) is 30.7 Å². The van der Waals surface area contributed by atoms with Gasteiger partial charge in [0.25, 0.3) is 5.91 Å². The Kier molecular flexibility index (Phi) is 2.90. The molecule has 19 heavy (non-hydrogen) atoms. The number of carbonyl (C=O) groups is 1. The average molecular weight is 254 g/mol. The maximum Gasteiger partial charge on any atom is 0.251 e. The summed E-state index contributed by atoms with van der Waals surface area (Å²) in [6, 6.07) is 8.40. The molecular weight excluding hydrogens is 236 g/mol. The van der Waals surface area contributed by atoms with Gasteiger partial charge in [-0.3, -0.25) is 4.79 Å². The summed E-state index contributed by atoms with van der Waals surface area (Å²) in [6.07, 6.45) is 5.94. The van der Waals surface area contributed by atoms with Crippen LogP contribution in [-0.4, -0.2) is 36.3 Å². The monoisotopic (exact) mass is 254 g/mol. The summed E-state index contributed by atoms with van der Waals surface area (Å²) in [6.45, 7) is 0.951. The smallest absolute Gasteiger partial charge is 0.251 e. The largest absolute Gasteiger partial charge is 0.347 e. The molecule has 0 saturated heterocycles. The van der Waals surface area contributed by atoms with Crippen LogP contribution in [0.5, 0.6) is 0 Å². The molecule has 0 aromatic heterocycles. The zero-order valence-electron chi connectivity index (χ0n) is 11.4. The number of likely N-dealkylation sites (N-methyl/N-ethyl adjacent to an activating group) is 1. The van der Waals surface area contributed by atoms with Gasteiger partial charge in [0.1, 0.15) is 0 Å². The Bertz CT molecular complexity index is 584. The van der Waals surface area contributed by atoms with E-state index >= 15 is 0 Å². The summed E-state index contributed by atoms with van der Waals surface area (Å²) in [5, 5.41) is 0. The quantitative estimate of drug-likeness (QED) is 0.767. The van der Waals surface area contributed by atoms with Gasteiger partial charge < -0.3 is 9.80 Å². The van der Waals surface area contributed by atoms with Crippen LogP contribution in [0.1, 0.15) is 17.5 Å². The summed E-state index contributed by atoms with van der Waals surface area (Å²) < 4.78 is 0. The van der Waals surface area contributed by atoms with Gasteiger partial charge in [0, 0.05) is 38.0 Å². The molecule has 1 aromatic rings. The van der Waals surface area contributed by atoms with Gasteiger partial charge in [-0.1, -0.05) is 30.3 Å². The van der Waals surface area contributed by atoms with E-state index in [4.69, 9.17) is 0 Å². The number of nitrogens with zero attached hydrogens (tertiary/aromatic N) is 2. The van der Waals surface area contributed by atoms with E-state index in [1.165, 1.54) is 11.1 Å². The lowest BCUT2D eigenvalue weighted by molar-refractivity contribution is -0.124. The van der Waals surface area contributed by atoms with E-state index in [1.54, 1.807) is 4.90 Å². The zero-order chi connectivity index (χ0) is 13.4. The number of carbonyl (C=O) groups excluding carboxylic acids is 1. The zero-order valence-corrected chi connectivity index (χ0v) is 11.4. The van der Waals surface area contributed by atoms with Crippen molar-refractivity contribution in [1.29, 1.82) is 0 Å². The molecule has 0 fully saturated rings. The van der Waals surface area contributed by atoms with E-state index in [2.05, 4.69) is 35.4 Å². The number of hydrogen-bond donors (Lipinski definition) is 0. The van der Waals surface area contributed by atoms with Crippen LogP contribution in [0.4, 0.5) is 0 Å². The van der Waals surface area contributed by atoms with E-state index in [9.17, 15) is 4.79 Å². The molecule has 0 radical (unpaired) electrons. The molecule has 0 N–H and O–H groups in total. The highest BCUT2D eigenvalue weighted by Crippen LogP contribution is 2.35. The molecular formula is C16H18N2O. The van der Waals surface area contributed by atoms with Gasteiger partial charge in [0.2, 0.25) is 0 Å². The second-order valence-corrected chi connectivity index (χ2v) is 5.22. The van der Waals surface area contributed by atoms with Crippen molar-refractivity contribution in [3.05, 3.63) is 53.2 Å². The first-order valence-corrected chi connectivity index (χ1v) is 6.65. The topological polar surface area (TPSA) is 23.6 Å². The Morgan fingerprint density at radius 1 is 1.26 bits per heavy atom. The van der Waals surface area contributed by atoms with E-state index < -0.39 is 0 Å². The summed E-state index contributed by atoms with van der Waals surface area (Å²) in [5.74, 6) is 0.112. The molecule has 3 heteroatoms. The molecule has 2 aliphatic heterocycles. The van der Waals surface area contributed by atoms with Crippen LogP contribution >= 0.6 is 0 Å². The predicted molar refractivity (Wildman–Crippen MR) is 76.2 cm³/mol. The maximum atomic E-state index is 12.4. The molecule has 3 rings (SSSR count). The highest BCUT2D eigenvalue weighted by Gasteiger charge is 2.27. The molecule has 98 valence electrons. The van der Waals surface area contributed by atoms with Gasteiger partial charge in [-0.25, -0.2) is 0 Å². The summed E-state index contributed by atoms with van der Waals surface area (Å²) in [4.78, 5) is 16.2. The van der Waals surface area contributed by atoms with E-state index in [-0.39, 0.29) is 5.91 Å². The van der Waals surface area contributed by atoms with Crippen molar-refractivity contribution in [3.8, 4) is 0 Å². The van der Waals surface area contributed by atoms with E-state index in [0.29, 0.717) is 0 Å². The maximum absolute atomic E-state index is 12.4. The lowest BCUT2D eigenvalue weighted by atomic mass is 9.91. The van der Waals surface area contributed by atoms with Crippen LogP contribution in [0.3, 0.4) is 0 Å². The van der Waals surface area contributed by atoms with Crippen molar-refractivity contribution < 1.29 is 4.79 Å². The van der Waals surface area contributed by atoms with Gasteiger partial charge in [-0.15, -0.1) is 0 Å². The van der Waals surface area contributed by atoms with E-state index in [1.807, 2.05) is 20.2 Å². The molecule has 0 unspecified atom stereocenters. The molecule has 1 aromatic carbocycles. The first-order valence-electron chi connectivity index (χ1n) is 6.65. The number of amides is 1. The second-order valence-electron chi connectivity index (χ2n) is 5.22. The summed E-state index contributed by atoms with van der Waals surface area (Å²) >= 11 is 0. The van der Waals surface area contributed by atoms with Gasteiger partial charge in [-0.2, -0.15) is 0 Å². The number of allylic oxidation sites excluding steroid dienone is 1. The summed E-state index contributed by atoms with van der Waals surface area (Å²) in [7, 11) is 3.63. The molecule has 0 saturated carbocycles. The molecule has 0 bridgehead atoms. The van der Waals surface area contributed by atoms with Gasteiger partial charge in [0.15, 0.2) is 0 Å². The second kappa shape index (κ2) is 4.57. The number of hydrogen-bond acceptors (Lipinski definition) is 2. The fourth-order valence-electron chi connectivity index (χ4n) is 2.81. The molecule has 3 nitrogen and oxygen atoms in total. The van der Waals surface area contributed by atoms with Crippen molar-refractivity contribution in [2.24, 2.45) is 0 Å². The summed E-state index contributed by atoms with van der Waals surface area (Å²) in [5.41, 5.74) is 4.55. The molecule has 0 atom stereocenters. The SMILES string of the molecule is CN(C)C(=O)C1=C2c3ccccc3CCN2C=CC1. The predicted octanol–water partition coefficient (Wildman–Crippen LogP) is 2.26. The lowest BCUT2D eigenvalue weighted by Gasteiger charge is -2.35. The minimum absolute atomic E-state index is 0.112. The number of fused-ring (bicyclic) bond motifs is 3. The van der Waals surface area contributed by atoms with Crippen molar-refractivity contribution in [1.82, 2.24) is 9.80 Å². The number of rotatable bonds is 1. The minimum atomic E-state index is 0.112. The minimum Gasteiger partial charge on any atom is -0.347 e. The van der Waals surface area contributed by atoms with Crippen LogP contribution < -0.4 is 0 Å². The van der Waals surface area contributed by atoms with Crippen LogP contribution in [0.2, 0.25) is 0 Å².